The zero-order valence-electron chi connectivity index (χ0n) is 21.7. The zero-order valence-corrected chi connectivity index (χ0v) is 21.7. The lowest BCUT2D eigenvalue weighted by atomic mass is 9.80. The van der Waals surface area contributed by atoms with Gasteiger partial charge in [0.2, 0.25) is 13.1 Å². The number of nitrogens with one attached hydrogen (secondary N) is 2. The minimum absolute atomic E-state index is 0.0694. The van der Waals surface area contributed by atoms with Gasteiger partial charge in [-0.3, -0.25) is 4.79 Å². The van der Waals surface area contributed by atoms with Crippen molar-refractivity contribution in [2.45, 2.75) is 38.4 Å². The Morgan fingerprint density at radius 1 is 1.18 bits per heavy atom. The van der Waals surface area contributed by atoms with Gasteiger partial charge in [-0.05, 0) is 73.7 Å². The molecule has 0 unspecified atom stereocenters. The van der Waals surface area contributed by atoms with Crippen LogP contribution in [0.3, 0.4) is 0 Å². The molecule has 0 saturated heterocycles. The molecule has 0 bridgehead atoms. The lowest BCUT2D eigenvalue weighted by Crippen LogP contribution is -2.39. The number of fused-ring (bicyclic) bond motifs is 2. The molecule has 2 aromatic carbocycles. The number of carbonyl (C=O) groups is 1. The molecule has 9 heteroatoms. The summed E-state index contributed by atoms with van der Waals surface area (Å²) in [4.78, 5) is 16.5. The van der Waals surface area contributed by atoms with Gasteiger partial charge in [0, 0.05) is 48.7 Å². The van der Waals surface area contributed by atoms with Crippen LogP contribution in [0.15, 0.2) is 54.4 Å². The highest BCUT2D eigenvalue weighted by Gasteiger charge is 2.38. The van der Waals surface area contributed by atoms with Gasteiger partial charge in [0.1, 0.15) is 5.75 Å². The topological polar surface area (TPSA) is 111 Å². The van der Waals surface area contributed by atoms with Crippen molar-refractivity contribution in [3.8, 4) is 17.2 Å². The summed E-state index contributed by atoms with van der Waals surface area (Å²) in [6, 6.07) is 11.7. The Morgan fingerprint density at radius 3 is 2.87 bits per heavy atom. The normalized spacial score (nSPS) is 20.2. The van der Waals surface area contributed by atoms with Crippen molar-refractivity contribution in [2.75, 3.05) is 33.7 Å². The van der Waals surface area contributed by atoms with Crippen LogP contribution in [0.1, 0.15) is 36.8 Å². The molecule has 9 nitrogen and oxygen atoms in total. The van der Waals surface area contributed by atoms with Crippen LogP contribution in [-0.4, -0.2) is 55.9 Å². The minimum Gasteiger partial charge on any atom is -0.497 e. The molecule has 3 aromatic rings. The zero-order chi connectivity index (χ0) is 26.5. The molecule has 3 atom stereocenters. The Morgan fingerprint density at radius 2 is 2.05 bits per heavy atom. The number of methoxy groups -OCH3 is 1. The van der Waals surface area contributed by atoms with Gasteiger partial charge in [-0.15, -0.1) is 0 Å². The third kappa shape index (κ3) is 5.44. The van der Waals surface area contributed by atoms with Gasteiger partial charge >= 0.3 is 0 Å². The fourth-order valence-electron chi connectivity index (χ4n) is 5.15. The highest BCUT2D eigenvalue weighted by Crippen LogP contribution is 2.42. The monoisotopic (exact) mass is 522 g/mol. The first-order chi connectivity index (χ1) is 18.6. The molecular weight excluding hydrogens is 488 g/mol. The highest BCUT2D eigenvalue weighted by atomic mass is 16.7. The number of benzene rings is 2. The van der Waals surface area contributed by atoms with Crippen LogP contribution >= 0.6 is 0 Å². The number of amides is 1. The second-order valence-electron chi connectivity index (χ2n) is 9.37. The number of ether oxygens (including phenoxy) is 5. The molecule has 0 spiro atoms. The molecule has 3 N–H and O–H groups in total. The number of aromatic amines is 1. The number of hydrogen-bond donors (Lipinski definition) is 3. The van der Waals surface area contributed by atoms with Crippen LogP contribution < -0.4 is 19.5 Å². The number of aliphatic hydroxyl groups excluding tert-OH is 1. The summed E-state index contributed by atoms with van der Waals surface area (Å²) in [6.45, 7) is 3.03. The maximum absolute atomic E-state index is 13.3. The standard InChI is InChI=1S/C29H34N2O7/c1-3-35-29-21(5-4-12-32)22(18-6-9-25-26(13-18)37-17-36-25)15-27(38-29)28(33)30-11-10-19-16-31-24-8-7-20(34-2)14-23(19)24/h6-9,13-16,21-22,29,31-32H,3-5,10-12,17H2,1-2H3,(H,30,33)/t21-,22-,29-/m1/s1. The van der Waals surface area contributed by atoms with Gasteiger partial charge in [0.25, 0.3) is 5.91 Å². The van der Waals surface area contributed by atoms with Crippen LogP contribution in [0.25, 0.3) is 10.9 Å². The average molecular weight is 523 g/mol. The largest absolute Gasteiger partial charge is 0.497 e. The van der Waals surface area contributed by atoms with E-state index < -0.39 is 6.29 Å². The fourth-order valence-corrected chi connectivity index (χ4v) is 5.15. The van der Waals surface area contributed by atoms with Crippen molar-refractivity contribution >= 4 is 16.8 Å². The summed E-state index contributed by atoms with van der Waals surface area (Å²) in [6.07, 6.45) is 5.12. The smallest absolute Gasteiger partial charge is 0.286 e. The van der Waals surface area contributed by atoms with Crippen molar-refractivity contribution in [3.05, 3.63) is 65.6 Å². The van der Waals surface area contributed by atoms with E-state index in [1.807, 2.05) is 55.6 Å². The van der Waals surface area contributed by atoms with E-state index in [1.54, 1.807) is 7.11 Å². The molecule has 38 heavy (non-hydrogen) atoms. The van der Waals surface area contributed by atoms with Crippen molar-refractivity contribution in [1.82, 2.24) is 10.3 Å². The molecule has 0 radical (unpaired) electrons. The van der Waals surface area contributed by atoms with Gasteiger partial charge in [-0.2, -0.15) is 0 Å². The van der Waals surface area contributed by atoms with Crippen molar-refractivity contribution in [1.29, 1.82) is 0 Å². The lowest BCUT2D eigenvalue weighted by Gasteiger charge is -2.37. The van der Waals surface area contributed by atoms with Gasteiger partial charge in [-0.25, -0.2) is 0 Å². The predicted molar refractivity (Wildman–Crippen MR) is 141 cm³/mol. The SMILES string of the molecule is CCO[C@@H]1OC(C(=O)NCCc2c[nH]c3ccc(OC)cc23)=C[C@H](c2ccc3c(c2)OCO3)[C@H]1CCCO. The number of H-pyrrole nitrogens is 1. The summed E-state index contributed by atoms with van der Waals surface area (Å²) in [5.74, 6) is 1.85. The van der Waals surface area contributed by atoms with Crippen LogP contribution in [0, 0.1) is 5.92 Å². The number of aromatic nitrogens is 1. The third-order valence-corrected chi connectivity index (χ3v) is 7.07. The van der Waals surface area contributed by atoms with E-state index in [9.17, 15) is 9.90 Å². The number of allylic oxidation sites excluding steroid dienone is 1. The van der Waals surface area contributed by atoms with Crippen LogP contribution in [0.2, 0.25) is 0 Å². The summed E-state index contributed by atoms with van der Waals surface area (Å²) >= 11 is 0. The molecule has 202 valence electrons. The van der Waals surface area contributed by atoms with Gasteiger partial charge in [0.15, 0.2) is 17.3 Å². The Labute approximate surface area is 221 Å². The Kier molecular flexibility index (Phi) is 8.05. The highest BCUT2D eigenvalue weighted by molar-refractivity contribution is 5.92. The molecule has 2 aliphatic heterocycles. The number of carbonyl (C=O) groups excluding carboxylic acids is 1. The third-order valence-electron chi connectivity index (χ3n) is 7.07. The molecule has 1 aromatic heterocycles. The second kappa shape index (κ2) is 11.8. The molecule has 5 rings (SSSR count). The summed E-state index contributed by atoms with van der Waals surface area (Å²) in [5, 5.41) is 13.6. The molecule has 1 amide bonds. The van der Waals surface area contributed by atoms with E-state index in [2.05, 4.69) is 10.3 Å². The van der Waals surface area contributed by atoms with Crippen molar-refractivity contribution < 1.29 is 33.6 Å². The van der Waals surface area contributed by atoms with Crippen LogP contribution in [0.5, 0.6) is 17.2 Å². The molecule has 3 heterocycles. The maximum atomic E-state index is 13.3. The summed E-state index contributed by atoms with van der Waals surface area (Å²) in [7, 11) is 1.65. The van der Waals surface area contributed by atoms with E-state index in [0.29, 0.717) is 43.9 Å². The van der Waals surface area contributed by atoms with E-state index >= 15 is 0 Å². The van der Waals surface area contributed by atoms with E-state index in [-0.39, 0.29) is 36.9 Å². The van der Waals surface area contributed by atoms with Gasteiger partial charge in [0.05, 0.1) is 7.11 Å². The van der Waals surface area contributed by atoms with E-state index in [4.69, 9.17) is 23.7 Å². The number of aliphatic hydroxyl groups is 1. The Balaban J connectivity index is 1.34. The average Bonchev–Trinajstić information content (AvgIpc) is 3.58. The van der Waals surface area contributed by atoms with Gasteiger partial charge < -0.3 is 39.1 Å². The first-order valence-electron chi connectivity index (χ1n) is 13.0. The first kappa shape index (κ1) is 25.9. The first-order valence-corrected chi connectivity index (χ1v) is 13.0. The van der Waals surface area contributed by atoms with Crippen LogP contribution in [-0.2, 0) is 20.7 Å². The Bertz CT molecular complexity index is 1300. The molecule has 2 aliphatic rings. The molecule has 0 aliphatic carbocycles. The quantitative estimate of drug-likeness (QED) is 0.349. The predicted octanol–water partition coefficient (Wildman–Crippen LogP) is 4.01. The number of hydrogen-bond acceptors (Lipinski definition) is 7. The lowest BCUT2D eigenvalue weighted by molar-refractivity contribution is -0.166. The molecule has 0 saturated carbocycles. The minimum atomic E-state index is -0.617. The van der Waals surface area contributed by atoms with Gasteiger partial charge in [-0.1, -0.05) is 6.07 Å². The van der Waals surface area contributed by atoms with E-state index in [1.165, 1.54) is 0 Å². The van der Waals surface area contributed by atoms with Crippen molar-refractivity contribution in [2.24, 2.45) is 5.92 Å². The fraction of sp³-hybridized carbons (Fsp3) is 0.414. The maximum Gasteiger partial charge on any atom is 0.286 e. The molecule has 0 fully saturated rings. The summed E-state index contributed by atoms with van der Waals surface area (Å²) in [5.41, 5.74) is 3.08. The van der Waals surface area contributed by atoms with Crippen molar-refractivity contribution in [3.63, 3.8) is 0 Å². The Hall–Kier alpha value is -3.69. The molecular formula is C29H34N2O7. The van der Waals surface area contributed by atoms with Crippen LogP contribution in [0.4, 0.5) is 0 Å². The van der Waals surface area contributed by atoms with E-state index in [0.717, 1.165) is 27.8 Å². The number of rotatable bonds is 11. The second-order valence-corrected chi connectivity index (χ2v) is 9.37. The summed E-state index contributed by atoms with van der Waals surface area (Å²) < 4.78 is 28.5.